The molecule has 3 rings (SSSR count). The fourth-order valence-corrected chi connectivity index (χ4v) is 3.22. The summed E-state index contributed by atoms with van der Waals surface area (Å²) in [6, 6.07) is 7.97. The summed E-state index contributed by atoms with van der Waals surface area (Å²) >= 11 is 0. The number of piperidine rings is 1. The highest BCUT2D eigenvalue weighted by molar-refractivity contribution is 5.89. The van der Waals surface area contributed by atoms with Crippen molar-refractivity contribution in [1.29, 1.82) is 0 Å². The average Bonchev–Trinajstić information content (AvgIpc) is 3.02. The molecule has 0 atom stereocenters. The lowest BCUT2D eigenvalue weighted by Crippen LogP contribution is -2.35. The zero-order chi connectivity index (χ0) is 16.1. The first kappa shape index (κ1) is 15.8. The number of carbonyl (C=O) groups is 2. The van der Waals surface area contributed by atoms with E-state index in [4.69, 9.17) is 4.74 Å². The van der Waals surface area contributed by atoms with Gasteiger partial charge in [0, 0.05) is 25.2 Å². The van der Waals surface area contributed by atoms with Gasteiger partial charge >= 0.3 is 6.09 Å². The number of amides is 2. The highest BCUT2D eigenvalue weighted by Gasteiger charge is 2.23. The SMILES string of the molecule is O=C(CCCc1ccc(N2CCOC2=O)cc1)N1CCCCC1. The molecule has 2 heterocycles. The standard InChI is InChI=1S/C18H24N2O3/c21-17(19-11-2-1-3-12-19)6-4-5-15-7-9-16(10-8-15)20-13-14-23-18(20)22/h7-10H,1-6,11-14H2. The van der Waals surface area contributed by atoms with E-state index in [0.29, 0.717) is 25.5 Å². The van der Waals surface area contributed by atoms with Gasteiger partial charge < -0.3 is 9.64 Å². The van der Waals surface area contributed by atoms with E-state index >= 15 is 0 Å². The predicted molar refractivity (Wildman–Crippen MR) is 88.5 cm³/mol. The van der Waals surface area contributed by atoms with Gasteiger partial charge in [-0.05, 0) is 49.8 Å². The minimum absolute atomic E-state index is 0.273. The van der Waals surface area contributed by atoms with Gasteiger partial charge in [0.1, 0.15) is 6.61 Å². The van der Waals surface area contributed by atoms with E-state index in [-0.39, 0.29) is 6.09 Å². The third-order valence-corrected chi connectivity index (χ3v) is 4.57. The fraction of sp³-hybridized carbons (Fsp3) is 0.556. The van der Waals surface area contributed by atoms with Gasteiger partial charge in [-0.15, -0.1) is 0 Å². The van der Waals surface area contributed by atoms with Crippen molar-refractivity contribution in [3.05, 3.63) is 29.8 Å². The number of aryl methyl sites for hydroxylation is 1. The van der Waals surface area contributed by atoms with Gasteiger partial charge in [0.2, 0.25) is 5.91 Å². The Bertz CT molecular complexity index is 550. The van der Waals surface area contributed by atoms with Crippen molar-refractivity contribution < 1.29 is 14.3 Å². The van der Waals surface area contributed by atoms with Crippen LogP contribution in [0.2, 0.25) is 0 Å². The first-order valence-corrected chi connectivity index (χ1v) is 8.55. The molecular formula is C18H24N2O3. The molecule has 1 aromatic carbocycles. The molecule has 0 radical (unpaired) electrons. The van der Waals surface area contributed by atoms with Crippen LogP contribution < -0.4 is 4.90 Å². The van der Waals surface area contributed by atoms with E-state index in [2.05, 4.69) is 0 Å². The molecule has 0 N–H and O–H groups in total. The Hall–Kier alpha value is -2.04. The van der Waals surface area contributed by atoms with E-state index < -0.39 is 0 Å². The first-order valence-electron chi connectivity index (χ1n) is 8.55. The van der Waals surface area contributed by atoms with Crippen LogP contribution in [-0.2, 0) is 16.0 Å². The molecule has 2 fully saturated rings. The molecule has 2 amide bonds. The topological polar surface area (TPSA) is 49.9 Å². The summed E-state index contributed by atoms with van der Waals surface area (Å²) < 4.78 is 4.94. The second-order valence-corrected chi connectivity index (χ2v) is 6.23. The van der Waals surface area contributed by atoms with Crippen molar-refractivity contribution in [2.45, 2.75) is 38.5 Å². The highest BCUT2D eigenvalue weighted by atomic mass is 16.6. The molecule has 0 aliphatic carbocycles. The van der Waals surface area contributed by atoms with Gasteiger partial charge in [-0.1, -0.05) is 12.1 Å². The quantitative estimate of drug-likeness (QED) is 0.839. The zero-order valence-electron chi connectivity index (χ0n) is 13.5. The number of rotatable bonds is 5. The molecule has 0 aromatic heterocycles. The molecular weight excluding hydrogens is 292 g/mol. The summed E-state index contributed by atoms with van der Waals surface area (Å²) in [6.45, 7) is 2.93. The molecule has 0 bridgehead atoms. The van der Waals surface area contributed by atoms with Gasteiger partial charge in [-0.25, -0.2) is 4.79 Å². The molecule has 5 nitrogen and oxygen atoms in total. The zero-order valence-corrected chi connectivity index (χ0v) is 13.5. The molecule has 2 aliphatic heterocycles. The monoisotopic (exact) mass is 316 g/mol. The van der Waals surface area contributed by atoms with E-state index in [0.717, 1.165) is 44.5 Å². The smallest absolute Gasteiger partial charge is 0.414 e. The molecule has 2 saturated heterocycles. The van der Waals surface area contributed by atoms with Crippen molar-refractivity contribution in [3.63, 3.8) is 0 Å². The lowest BCUT2D eigenvalue weighted by atomic mass is 10.1. The molecule has 124 valence electrons. The molecule has 5 heteroatoms. The third kappa shape index (κ3) is 4.03. The number of benzene rings is 1. The summed E-state index contributed by atoms with van der Waals surface area (Å²) in [4.78, 5) is 27.3. The van der Waals surface area contributed by atoms with Crippen LogP contribution in [0.1, 0.15) is 37.7 Å². The highest BCUT2D eigenvalue weighted by Crippen LogP contribution is 2.20. The van der Waals surface area contributed by atoms with E-state index in [1.54, 1.807) is 4.90 Å². The van der Waals surface area contributed by atoms with Crippen LogP contribution in [-0.4, -0.2) is 43.1 Å². The molecule has 0 saturated carbocycles. The number of nitrogens with zero attached hydrogens (tertiary/aromatic N) is 2. The lowest BCUT2D eigenvalue weighted by Gasteiger charge is -2.26. The number of cyclic esters (lactones) is 1. The van der Waals surface area contributed by atoms with Gasteiger partial charge in [0.05, 0.1) is 6.54 Å². The summed E-state index contributed by atoms with van der Waals surface area (Å²) in [5.74, 6) is 0.293. The maximum atomic E-state index is 12.1. The third-order valence-electron chi connectivity index (χ3n) is 4.57. The summed E-state index contributed by atoms with van der Waals surface area (Å²) in [5, 5.41) is 0. The van der Waals surface area contributed by atoms with Gasteiger partial charge in [0.15, 0.2) is 0 Å². The van der Waals surface area contributed by atoms with Crippen LogP contribution in [0.25, 0.3) is 0 Å². The van der Waals surface area contributed by atoms with Gasteiger partial charge in [-0.3, -0.25) is 9.69 Å². The Morgan fingerprint density at radius 2 is 1.78 bits per heavy atom. The number of ether oxygens (including phenoxy) is 1. The molecule has 0 spiro atoms. The Morgan fingerprint density at radius 3 is 2.43 bits per heavy atom. The first-order chi connectivity index (χ1) is 11.2. The minimum atomic E-state index is -0.273. The van der Waals surface area contributed by atoms with Crippen molar-refractivity contribution >= 4 is 17.7 Å². The number of hydrogen-bond acceptors (Lipinski definition) is 3. The fourth-order valence-electron chi connectivity index (χ4n) is 3.22. The Morgan fingerprint density at radius 1 is 1.04 bits per heavy atom. The van der Waals surface area contributed by atoms with Crippen LogP contribution >= 0.6 is 0 Å². The Kier molecular flexibility index (Phi) is 5.16. The molecule has 2 aliphatic rings. The predicted octanol–water partition coefficient (Wildman–Crippen LogP) is 2.98. The Labute approximate surface area is 137 Å². The van der Waals surface area contributed by atoms with Crippen molar-refractivity contribution in [1.82, 2.24) is 4.90 Å². The average molecular weight is 316 g/mol. The number of hydrogen-bond donors (Lipinski definition) is 0. The lowest BCUT2D eigenvalue weighted by molar-refractivity contribution is -0.132. The molecule has 1 aromatic rings. The van der Waals surface area contributed by atoms with E-state index in [1.807, 2.05) is 29.2 Å². The Balaban J connectivity index is 1.45. The summed E-state index contributed by atoms with van der Waals surface area (Å²) in [5.41, 5.74) is 2.08. The van der Waals surface area contributed by atoms with Gasteiger partial charge in [0.25, 0.3) is 0 Å². The molecule has 23 heavy (non-hydrogen) atoms. The van der Waals surface area contributed by atoms with Crippen molar-refractivity contribution in [2.75, 3.05) is 31.1 Å². The maximum Gasteiger partial charge on any atom is 0.414 e. The van der Waals surface area contributed by atoms with Crippen LogP contribution in [0, 0.1) is 0 Å². The molecule has 0 unspecified atom stereocenters. The number of anilines is 1. The number of likely N-dealkylation sites (tertiary alicyclic amines) is 1. The minimum Gasteiger partial charge on any atom is -0.447 e. The maximum absolute atomic E-state index is 12.1. The second kappa shape index (κ2) is 7.49. The normalized spacial score (nSPS) is 18.2. The number of carbonyl (C=O) groups excluding carboxylic acids is 2. The van der Waals surface area contributed by atoms with Crippen LogP contribution in [0.5, 0.6) is 0 Å². The second-order valence-electron chi connectivity index (χ2n) is 6.23. The van der Waals surface area contributed by atoms with E-state index in [1.165, 1.54) is 12.0 Å². The summed E-state index contributed by atoms with van der Waals surface area (Å²) in [6.07, 6.45) is 5.66. The van der Waals surface area contributed by atoms with Crippen LogP contribution in [0.3, 0.4) is 0 Å². The van der Waals surface area contributed by atoms with Crippen molar-refractivity contribution in [3.8, 4) is 0 Å². The van der Waals surface area contributed by atoms with Crippen LogP contribution in [0.15, 0.2) is 24.3 Å². The van der Waals surface area contributed by atoms with E-state index in [9.17, 15) is 9.59 Å². The summed E-state index contributed by atoms with van der Waals surface area (Å²) in [7, 11) is 0. The van der Waals surface area contributed by atoms with Crippen molar-refractivity contribution in [2.24, 2.45) is 0 Å². The van der Waals surface area contributed by atoms with Gasteiger partial charge in [-0.2, -0.15) is 0 Å². The largest absolute Gasteiger partial charge is 0.447 e. The van der Waals surface area contributed by atoms with Crippen LogP contribution in [0.4, 0.5) is 10.5 Å².